The average molecular weight is 482 g/mol. The summed E-state index contributed by atoms with van der Waals surface area (Å²) in [6.07, 6.45) is 0. The van der Waals surface area contributed by atoms with Gasteiger partial charge >= 0.3 is 0 Å². The van der Waals surface area contributed by atoms with Gasteiger partial charge in [-0.25, -0.2) is 4.39 Å². The van der Waals surface area contributed by atoms with Crippen molar-refractivity contribution in [1.29, 1.82) is 0 Å². The Morgan fingerprint density at radius 1 is 1.19 bits per heavy atom. The number of nitrogens with one attached hydrogen (secondary N) is 1. The van der Waals surface area contributed by atoms with E-state index in [1.54, 1.807) is 30.3 Å². The molecule has 0 aliphatic carbocycles. The maximum Gasteiger partial charge on any atom is 0.230 e. The molecule has 0 saturated carbocycles. The number of hydrogen-bond acceptors (Lipinski definition) is 5. The molecule has 0 fully saturated rings. The summed E-state index contributed by atoms with van der Waals surface area (Å²) < 4.78 is 15.3. The Balaban J connectivity index is 1.73. The topological polar surface area (TPSA) is 63.1 Å². The molecule has 10 heteroatoms. The molecule has 1 atom stereocenters. The first-order chi connectivity index (χ1) is 14.8. The molecule has 3 rings (SSSR count). The normalized spacial score (nSPS) is 12.2. The molecule has 0 aliphatic rings. The van der Waals surface area contributed by atoms with E-state index < -0.39 is 0 Å². The summed E-state index contributed by atoms with van der Waals surface area (Å²) in [6.45, 7) is 2.30. The van der Waals surface area contributed by atoms with Crippen LogP contribution in [0.1, 0.15) is 24.4 Å². The number of nitrogens with zero attached hydrogens (tertiary/aromatic N) is 4. The second-order valence-corrected chi connectivity index (χ2v) is 8.88. The van der Waals surface area contributed by atoms with Gasteiger partial charge < -0.3 is 5.32 Å². The molecule has 31 heavy (non-hydrogen) atoms. The van der Waals surface area contributed by atoms with Gasteiger partial charge in [-0.1, -0.05) is 41.0 Å². The average Bonchev–Trinajstić information content (AvgIpc) is 3.15. The van der Waals surface area contributed by atoms with Gasteiger partial charge in [0.05, 0.1) is 11.8 Å². The van der Waals surface area contributed by atoms with Gasteiger partial charge in [-0.05, 0) is 63.0 Å². The molecule has 1 amide bonds. The zero-order valence-electron chi connectivity index (χ0n) is 17.3. The van der Waals surface area contributed by atoms with Crippen LogP contribution >= 0.6 is 35.0 Å². The number of benzene rings is 2. The minimum absolute atomic E-state index is 0.0345. The molecule has 0 saturated heterocycles. The van der Waals surface area contributed by atoms with E-state index in [1.165, 1.54) is 23.9 Å². The second kappa shape index (κ2) is 10.5. The fourth-order valence-corrected chi connectivity index (χ4v) is 4.01. The van der Waals surface area contributed by atoms with Crippen molar-refractivity contribution in [2.24, 2.45) is 0 Å². The smallest absolute Gasteiger partial charge is 0.230 e. The summed E-state index contributed by atoms with van der Waals surface area (Å²) in [4.78, 5) is 14.4. The van der Waals surface area contributed by atoms with Crippen molar-refractivity contribution in [3.63, 3.8) is 0 Å². The number of rotatable bonds is 8. The number of thioether (sulfide) groups is 1. The van der Waals surface area contributed by atoms with E-state index in [0.29, 0.717) is 27.6 Å². The number of halogens is 3. The van der Waals surface area contributed by atoms with Crippen LogP contribution in [0.5, 0.6) is 0 Å². The quantitative estimate of drug-likeness (QED) is 0.470. The van der Waals surface area contributed by atoms with E-state index in [-0.39, 0.29) is 23.5 Å². The summed E-state index contributed by atoms with van der Waals surface area (Å²) in [7, 11) is 3.88. The van der Waals surface area contributed by atoms with Gasteiger partial charge in [0.2, 0.25) is 5.91 Å². The van der Waals surface area contributed by atoms with Crippen molar-refractivity contribution in [3.8, 4) is 5.69 Å². The van der Waals surface area contributed by atoms with Gasteiger partial charge in [-0.3, -0.25) is 14.3 Å². The van der Waals surface area contributed by atoms with E-state index in [1.807, 2.05) is 30.5 Å². The molecule has 0 bridgehead atoms. The van der Waals surface area contributed by atoms with Crippen molar-refractivity contribution < 1.29 is 9.18 Å². The van der Waals surface area contributed by atoms with Crippen LogP contribution in [0.25, 0.3) is 5.69 Å². The monoisotopic (exact) mass is 481 g/mol. The number of hydrogen-bond donors (Lipinski definition) is 1. The molecule has 3 aromatic rings. The van der Waals surface area contributed by atoms with E-state index in [9.17, 15) is 9.18 Å². The first kappa shape index (κ1) is 23.5. The molecule has 0 radical (unpaired) electrons. The maximum absolute atomic E-state index is 13.4. The Hall–Kier alpha value is -2.13. The van der Waals surface area contributed by atoms with Crippen LogP contribution in [-0.4, -0.2) is 45.4 Å². The third-order valence-corrected chi connectivity index (χ3v) is 6.23. The van der Waals surface area contributed by atoms with Crippen molar-refractivity contribution >= 4 is 40.9 Å². The van der Waals surface area contributed by atoms with Crippen LogP contribution in [-0.2, 0) is 11.3 Å². The highest BCUT2D eigenvalue weighted by atomic mass is 35.5. The Labute approximate surface area is 194 Å². The van der Waals surface area contributed by atoms with Gasteiger partial charge in [0, 0.05) is 22.3 Å². The van der Waals surface area contributed by atoms with Gasteiger partial charge in [0.1, 0.15) is 5.82 Å². The lowest BCUT2D eigenvalue weighted by Gasteiger charge is -2.20. The number of aromatic nitrogens is 3. The van der Waals surface area contributed by atoms with Crippen molar-refractivity contribution in [3.05, 3.63) is 69.7 Å². The van der Waals surface area contributed by atoms with E-state index >= 15 is 0 Å². The molecule has 0 aliphatic heterocycles. The van der Waals surface area contributed by atoms with Crippen LogP contribution in [0, 0.1) is 5.82 Å². The Morgan fingerprint density at radius 2 is 1.90 bits per heavy atom. The highest BCUT2D eigenvalue weighted by molar-refractivity contribution is 7.99. The molecule has 164 valence electrons. The second-order valence-electron chi connectivity index (χ2n) is 7.09. The van der Waals surface area contributed by atoms with Crippen molar-refractivity contribution in [2.45, 2.75) is 24.7 Å². The molecule has 1 heterocycles. The molecule has 2 aromatic carbocycles. The minimum atomic E-state index is -0.325. The van der Waals surface area contributed by atoms with Gasteiger partial charge in [-0.15, -0.1) is 10.2 Å². The Kier molecular flexibility index (Phi) is 7.94. The standard InChI is InChI=1S/C21H22Cl2FN5OS/c1-13(28(2)3)20-26-27-21(29(20)17-8-6-16(24)7-9-17)31-12-19(30)25-11-14-4-5-15(22)10-18(14)23/h4-10,13H,11-12H2,1-3H3,(H,25,30)/t13-/m0/s1. The number of amides is 1. The predicted octanol–water partition coefficient (Wildman–Crippen LogP) is 4.74. The predicted molar refractivity (Wildman–Crippen MR) is 122 cm³/mol. The SMILES string of the molecule is C[C@@H](c1nnc(SCC(=O)NCc2ccc(Cl)cc2Cl)n1-c1ccc(F)cc1)N(C)C. The van der Waals surface area contributed by atoms with Crippen LogP contribution in [0.4, 0.5) is 4.39 Å². The fourth-order valence-electron chi connectivity index (χ4n) is 2.75. The van der Waals surface area contributed by atoms with Crippen LogP contribution in [0.2, 0.25) is 10.0 Å². The molecular weight excluding hydrogens is 460 g/mol. The first-order valence-corrected chi connectivity index (χ1v) is 11.2. The molecule has 1 aromatic heterocycles. The molecule has 1 N–H and O–H groups in total. The lowest BCUT2D eigenvalue weighted by molar-refractivity contribution is -0.118. The molecular formula is C21H22Cl2FN5OS. The highest BCUT2D eigenvalue weighted by Crippen LogP contribution is 2.27. The number of carbonyl (C=O) groups is 1. The third-order valence-electron chi connectivity index (χ3n) is 4.71. The highest BCUT2D eigenvalue weighted by Gasteiger charge is 2.21. The largest absolute Gasteiger partial charge is 0.351 e. The lowest BCUT2D eigenvalue weighted by Crippen LogP contribution is -2.25. The third kappa shape index (κ3) is 5.98. The summed E-state index contributed by atoms with van der Waals surface area (Å²) in [5.74, 6) is 0.341. The fraction of sp³-hybridized carbons (Fsp3) is 0.286. The summed E-state index contributed by atoms with van der Waals surface area (Å²) in [6, 6.07) is 11.2. The molecule has 0 spiro atoms. The summed E-state index contributed by atoms with van der Waals surface area (Å²) in [5, 5.41) is 13.0. The lowest BCUT2D eigenvalue weighted by atomic mass is 10.2. The molecule has 6 nitrogen and oxygen atoms in total. The Bertz CT molecular complexity index is 1060. The van der Waals surface area contributed by atoms with Gasteiger partial charge in [0.25, 0.3) is 0 Å². The zero-order valence-corrected chi connectivity index (χ0v) is 19.6. The van der Waals surface area contributed by atoms with E-state index in [0.717, 1.165) is 11.3 Å². The van der Waals surface area contributed by atoms with Crippen molar-refractivity contribution in [2.75, 3.05) is 19.8 Å². The van der Waals surface area contributed by atoms with Crippen LogP contribution in [0.15, 0.2) is 47.6 Å². The Morgan fingerprint density at radius 3 is 2.55 bits per heavy atom. The van der Waals surface area contributed by atoms with Gasteiger partial charge in [-0.2, -0.15) is 0 Å². The van der Waals surface area contributed by atoms with E-state index in [2.05, 4.69) is 15.5 Å². The first-order valence-electron chi connectivity index (χ1n) is 9.47. The van der Waals surface area contributed by atoms with E-state index in [4.69, 9.17) is 23.2 Å². The van der Waals surface area contributed by atoms with Crippen molar-refractivity contribution in [1.82, 2.24) is 25.0 Å². The number of carbonyl (C=O) groups excluding carboxylic acids is 1. The zero-order chi connectivity index (χ0) is 22.5. The van der Waals surface area contributed by atoms with Gasteiger partial charge in [0.15, 0.2) is 11.0 Å². The maximum atomic E-state index is 13.4. The summed E-state index contributed by atoms with van der Waals surface area (Å²) >= 11 is 13.3. The molecule has 0 unspecified atom stereocenters. The van der Waals surface area contributed by atoms with Crippen LogP contribution in [0.3, 0.4) is 0 Å². The summed E-state index contributed by atoms with van der Waals surface area (Å²) in [5.41, 5.74) is 1.51. The minimum Gasteiger partial charge on any atom is -0.351 e. The van der Waals surface area contributed by atoms with Crippen LogP contribution < -0.4 is 5.32 Å².